The summed E-state index contributed by atoms with van der Waals surface area (Å²) >= 11 is 0. The maximum atomic E-state index is 9.33. The van der Waals surface area contributed by atoms with Crippen molar-refractivity contribution in [2.45, 2.75) is 31.5 Å². The van der Waals surface area contributed by atoms with Gasteiger partial charge in [-0.25, -0.2) is 0 Å². The van der Waals surface area contributed by atoms with E-state index in [1.165, 1.54) is 0 Å². The van der Waals surface area contributed by atoms with Crippen molar-refractivity contribution >= 4 is 0 Å². The van der Waals surface area contributed by atoms with Crippen molar-refractivity contribution in [2.75, 3.05) is 0 Å². The lowest BCUT2D eigenvalue weighted by atomic mass is 9.93. The fourth-order valence-corrected chi connectivity index (χ4v) is 1.15. The fraction of sp³-hybridized carbons (Fsp3) is 0.750. The summed E-state index contributed by atoms with van der Waals surface area (Å²) in [5, 5.41) is 27.8. The van der Waals surface area contributed by atoms with Crippen LogP contribution in [0.4, 0.5) is 0 Å². The Hall–Kier alpha value is -0.600. The van der Waals surface area contributed by atoms with Gasteiger partial charge in [0.15, 0.2) is 6.29 Å². The summed E-state index contributed by atoms with van der Waals surface area (Å²) in [4.78, 5) is 0. The number of terminal acetylenes is 1. The molecule has 1 heterocycles. The molecule has 1 saturated heterocycles. The first-order chi connectivity index (χ1) is 5.57. The smallest absolute Gasteiger partial charge is 0.161 e. The van der Waals surface area contributed by atoms with Crippen molar-refractivity contribution in [3.05, 3.63) is 0 Å². The zero-order valence-electron chi connectivity index (χ0n) is 6.71. The van der Waals surface area contributed by atoms with Crippen LogP contribution in [0.3, 0.4) is 0 Å². The Bertz CT molecular complexity index is 198. The lowest BCUT2D eigenvalue weighted by molar-refractivity contribution is -0.245. The van der Waals surface area contributed by atoms with Gasteiger partial charge in [0.25, 0.3) is 0 Å². The molecule has 1 rings (SSSR count). The number of hydrogen-bond donors (Lipinski definition) is 3. The summed E-state index contributed by atoms with van der Waals surface area (Å²) in [7, 11) is 0. The Morgan fingerprint density at radius 2 is 1.83 bits per heavy atom. The summed E-state index contributed by atoms with van der Waals surface area (Å²) in [6.45, 7) is 1.57. The highest BCUT2D eigenvalue weighted by Gasteiger charge is 2.40. The van der Waals surface area contributed by atoms with E-state index in [0.29, 0.717) is 0 Å². The molecule has 5 atom stereocenters. The average Bonchev–Trinajstić information content (AvgIpc) is 2.08. The number of hydrogen-bond acceptors (Lipinski definition) is 4. The van der Waals surface area contributed by atoms with E-state index in [-0.39, 0.29) is 0 Å². The van der Waals surface area contributed by atoms with Crippen LogP contribution >= 0.6 is 0 Å². The van der Waals surface area contributed by atoms with Crippen LogP contribution in [0, 0.1) is 18.3 Å². The third-order valence-corrected chi connectivity index (χ3v) is 2.10. The molecule has 1 unspecified atom stereocenters. The Labute approximate surface area is 70.8 Å². The molecule has 1 aliphatic rings. The van der Waals surface area contributed by atoms with E-state index < -0.39 is 30.5 Å². The first-order valence-electron chi connectivity index (χ1n) is 3.73. The molecule has 0 saturated carbocycles. The van der Waals surface area contributed by atoms with Crippen LogP contribution < -0.4 is 0 Å². The highest BCUT2D eigenvalue weighted by atomic mass is 16.6. The number of ether oxygens (including phenoxy) is 1. The quantitative estimate of drug-likeness (QED) is 0.397. The molecule has 0 radical (unpaired) electrons. The minimum Gasteiger partial charge on any atom is -0.390 e. The molecule has 3 N–H and O–H groups in total. The summed E-state index contributed by atoms with van der Waals surface area (Å²) < 4.78 is 4.84. The minimum atomic E-state index is -1.12. The topological polar surface area (TPSA) is 69.9 Å². The lowest BCUT2D eigenvalue weighted by Gasteiger charge is -2.36. The van der Waals surface area contributed by atoms with Gasteiger partial charge in [-0.1, -0.05) is 12.8 Å². The van der Waals surface area contributed by atoms with E-state index in [9.17, 15) is 15.3 Å². The van der Waals surface area contributed by atoms with Crippen molar-refractivity contribution in [1.82, 2.24) is 0 Å². The first-order valence-corrected chi connectivity index (χ1v) is 3.73. The van der Waals surface area contributed by atoms with E-state index in [2.05, 4.69) is 5.92 Å². The van der Waals surface area contributed by atoms with Gasteiger partial charge in [-0.3, -0.25) is 0 Å². The van der Waals surface area contributed by atoms with Crippen molar-refractivity contribution in [3.8, 4) is 12.3 Å². The van der Waals surface area contributed by atoms with Gasteiger partial charge in [0, 0.05) is 5.92 Å². The van der Waals surface area contributed by atoms with Crippen LogP contribution in [0.15, 0.2) is 0 Å². The van der Waals surface area contributed by atoms with Gasteiger partial charge in [-0.05, 0) is 0 Å². The molecule has 0 aromatic heterocycles. The van der Waals surface area contributed by atoms with Gasteiger partial charge in [-0.15, -0.1) is 6.42 Å². The molecule has 1 aliphatic heterocycles. The monoisotopic (exact) mass is 172 g/mol. The van der Waals surface area contributed by atoms with Crippen LogP contribution in [0.5, 0.6) is 0 Å². The van der Waals surface area contributed by atoms with Crippen LogP contribution in [-0.4, -0.2) is 39.9 Å². The van der Waals surface area contributed by atoms with Crippen LogP contribution in [-0.2, 0) is 4.74 Å². The van der Waals surface area contributed by atoms with E-state index in [1.54, 1.807) is 6.92 Å². The third-order valence-electron chi connectivity index (χ3n) is 2.10. The standard InChI is InChI=1S/C8H12O4/c1-3-5-7(10)6(9)4(2)8(11)12-5/h1,4-11H,2H3/t4-,5-,6-,7+,8?/m0/s1. The Balaban J connectivity index is 2.72. The number of aliphatic hydroxyl groups excluding tert-OH is 3. The summed E-state index contributed by atoms with van der Waals surface area (Å²) in [6, 6.07) is 0. The molecule has 0 aromatic rings. The molecule has 0 amide bonds. The van der Waals surface area contributed by atoms with Gasteiger partial charge in [-0.2, -0.15) is 0 Å². The molecular weight excluding hydrogens is 160 g/mol. The van der Waals surface area contributed by atoms with E-state index in [4.69, 9.17) is 11.2 Å². The van der Waals surface area contributed by atoms with Crippen molar-refractivity contribution in [1.29, 1.82) is 0 Å². The first kappa shape index (κ1) is 9.49. The van der Waals surface area contributed by atoms with E-state index >= 15 is 0 Å². The molecular formula is C8H12O4. The lowest BCUT2D eigenvalue weighted by Crippen LogP contribution is -2.52. The SMILES string of the molecule is C#C[C@@H]1OC(O)[C@@H](C)[C@H](O)[C@@H]1O. The number of rotatable bonds is 0. The molecule has 4 heteroatoms. The second-order valence-corrected chi connectivity index (χ2v) is 2.95. The van der Waals surface area contributed by atoms with Crippen LogP contribution in [0.2, 0.25) is 0 Å². The van der Waals surface area contributed by atoms with Crippen LogP contribution in [0.25, 0.3) is 0 Å². The summed E-state index contributed by atoms with van der Waals surface area (Å²) in [5.74, 6) is 1.62. The summed E-state index contributed by atoms with van der Waals surface area (Å²) in [5.41, 5.74) is 0. The number of aliphatic hydroxyl groups is 3. The molecule has 4 nitrogen and oxygen atoms in total. The maximum absolute atomic E-state index is 9.33. The molecule has 0 bridgehead atoms. The van der Waals surface area contributed by atoms with E-state index in [1.807, 2.05) is 0 Å². The highest BCUT2D eigenvalue weighted by Crippen LogP contribution is 2.23. The zero-order valence-corrected chi connectivity index (χ0v) is 6.71. The van der Waals surface area contributed by atoms with Gasteiger partial charge < -0.3 is 20.1 Å². The Kier molecular flexibility index (Phi) is 2.70. The Morgan fingerprint density at radius 1 is 1.25 bits per heavy atom. The largest absolute Gasteiger partial charge is 0.390 e. The molecule has 0 spiro atoms. The minimum absolute atomic E-state index is 0.524. The Morgan fingerprint density at radius 3 is 2.33 bits per heavy atom. The van der Waals surface area contributed by atoms with Gasteiger partial charge in [0.1, 0.15) is 12.2 Å². The van der Waals surface area contributed by atoms with Crippen LogP contribution in [0.1, 0.15) is 6.92 Å². The second-order valence-electron chi connectivity index (χ2n) is 2.95. The zero-order chi connectivity index (χ0) is 9.30. The second kappa shape index (κ2) is 3.42. The normalized spacial score (nSPS) is 48.4. The van der Waals surface area contributed by atoms with Gasteiger partial charge in [0.2, 0.25) is 0 Å². The van der Waals surface area contributed by atoms with Gasteiger partial charge >= 0.3 is 0 Å². The van der Waals surface area contributed by atoms with Crippen molar-refractivity contribution in [2.24, 2.45) is 5.92 Å². The summed E-state index contributed by atoms with van der Waals surface area (Å²) in [6.07, 6.45) is 0.825. The van der Waals surface area contributed by atoms with Crippen molar-refractivity contribution < 1.29 is 20.1 Å². The highest BCUT2D eigenvalue weighted by molar-refractivity contribution is 5.03. The molecule has 0 aromatic carbocycles. The average molecular weight is 172 g/mol. The molecule has 1 fully saturated rings. The predicted octanol–water partition coefficient (Wildman–Crippen LogP) is -1.31. The predicted molar refractivity (Wildman–Crippen MR) is 40.9 cm³/mol. The van der Waals surface area contributed by atoms with Gasteiger partial charge in [0.05, 0.1) is 6.10 Å². The third kappa shape index (κ3) is 1.45. The molecule has 68 valence electrons. The molecule has 12 heavy (non-hydrogen) atoms. The maximum Gasteiger partial charge on any atom is 0.161 e. The van der Waals surface area contributed by atoms with E-state index in [0.717, 1.165) is 0 Å². The van der Waals surface area contributed by atoms with Crippen molar-refractivity contribution in [3.63, 3.8) is 0 Å². The molecule has 0 aliphatic carbocycles. The fourth-order valence-electron chi connectivity index (χ4n) is 1.15.